The van der Waals surface area contributed by atoms with Crippen LogP contribution in [-0.4, -0.2) is 21.2 Å². The number of anilines is 1. The van der Waals surface area contributed by atoms with E-state index in [-0.39, 0.29) is 5.69 Å². The van der Waals surface area contributed by atoms with Crippen LogP contribution in [0.2, 0.25) is 5.02 Å². The molecule has 0 aliphatic rings. The van der Waals surface area contributed by atoms with E-state index in [9.17, 15) is 10.1 Å². The predicted octanol–water partition coefficient (Wildman–Crippen LogP) is 2.64. The maximum Gasteiger partial charge on any atom is 0.293 e. The summed E-state index contributed by atoms with van der Waals surface area (Å²) in [7, 11) is 1.84. The van der Waals surface area contributed by atoms with Crippen LogP contribution in [-0.2, 0) is 13.5 Å². The first-order valence-corrected chi connectivity index (χ1v) is 6.10. The van der Waals surface area contributed by atoms with Gasteiger partial charge in [0.1, 0.15) is 5.69 Å². The van der Waals surface area contributed by atoms with Gasteiger partial charge in [0, 0.05) is 25.9 Å². The third kappa shape index (κ3) is 3.23. The largest absolute Gasteiger partial charge is 0.378 e. The summed E-state index contributed by atoms with van der Waals surface area (Å²) in [6.45, 7) is 0.552. The van der Waals surface area contributed by atoms with E-state index in [1.165, 1.54) is 6.07 Å². The Morgan fingerprint density at radius 1 is 1.53 bits per heavy atom. The molecule has 0 aliphatic heterocycles. The summed E-state index contributed by atoms with van der Waals surface area (Å²) in [6.07, 6.45) is 4.39. The van der Waals surface area contributed by atoms with Crippen molar-refractivity contribution >= 4 is 23.0 Å². The van der Waals surface area contributed by atoms with Gasteiger partial charge in [-0.3, -0.25) is 14.8 Å². The number of aromatic nitrogens is 2. The minimum atomic E-state index is -0.446. The second kappa shape index (κ2) is 5.71. The average Bonchev–Trinajstić information content (AvgIpc) is 2.77. The molecule has 0 atom stereocenters. The summed E-state index contributed by atoms with van der Waals surface area (Å²) < 4.78 is 1.72. The molecule has 1 aromatic carbocycles. The number of nitrogens with one attached hydrogen (secondary N) is 1. The van der Waals surface area contributed by atoms with Crippen LogP contribution >= 0.6 is 11.6 Å². The number of hydrogen-bond donors (Lipinski definition) is 1. The van der Waals surface area contributed by atoms with E-state index in [1.807, 2.05) is 13.2 Å². The Kier molecular flexibility index (Phi) is 4.01. The molecule has 1 N–H and O–H groups in total. The Morgan fingerprint density at radius 3 is 2.95 bits per heavy atom. The molecule has 0 unspecified atom stereocenters. The molecule has 1 heterocycles. The minimum absolute atomic E-state index is 0.0151. The molecule has 2 rings (SSSR count). The van der Waals surface area contributed by atoms with Crippen LogP contribution in [0.5, 0.6) is 0 Å². The lowest BCUT2D eigenvalue weighted by Crippen LogP contribution is -2.07. The molecule has 0 spiro atoms. The lowest BCUT2D eigenvalue weighted by atomic mass is 10.2. The molecule has 100 valence electrons. The van der Waals surface area contributed by atoms with Crippen LogP contribution in [0.15, 0.2) is 30.6 Å². The zero-order valence-corrected chi connectivity index (χ0v) is 11.1. The smallest absolute Gasteiger partial charge is 0.293 e. The number of nitro benzene ring substituents is 1. The van der Waals surface area contributed by atoms with Gasteiger partial charge in [-0.1, -0.05) is 17.7 Å². The van der Waals surface area contributed by atoms with Crippen LogP contribution in [0.4, 0.5) is 11.4 Å². The van der Waals surface area contributed by atoms with Crippen LogP contribution < -0.4 is 5.32 Å². The average molecular weight is 281 g/mol. The van der Waals surface area contributed by atoms with E-state index in [0.29, 0.717) is 17.3 Å². The Bertz CT molecular complexity index is 597. The molecule has 2 aromatic rings. The molecule has 0 bridgehead atoms. The van der Waals surface area contributed by atoms with Crippen molar-refractivity contribution < 1.29 is 4.92 Å². The van der Waals surface area contributed by atoms with Crippen LogP contribution in [0.1, 0.15) is 5.56 Å². The van der Waals surface area contributed by atoms with E-state index < -0.39 is 4.92 Å². The standard InChI is InChI=1S/C12H13ClN4O2/c1-16-8-9(7-15-16)5-6-14-12-10(13)3-2-4-11(12)17(18)19/h2-4,7-8,14H,5-6H2,1H3. The molecule has 0 fully saturated rings. The molecule has 7 heteroatoms. The van der Waals surface area contributed by atoms with Crippen molar-refractivity contribution in [3.63, 3.8) is 0 Å². The van der Waals surface area contributed by atoms with Gasteiger partial charge in [-0.25, -0.2) is 0 Å². The number of para-hydroxylation sites is 1. The van der Waals surface area contributed by atoms with Crippen LogP contribution in [0, 0.1) is 10.1 Å². The fourth-order valence-corrected chi connectivity index (χ4v) is 2.01. The van der Waals surface area contributed by atoms with Gasteiger partial charge >= 0.3 is 0 Å². The van der Waals surface area contributed by atoms with Crippen molar-refractivity contribution in [1.82, 2.24) is 9.78 Å². The first kappa shape index (κ1) is 13.4. The maximum atomic E-state index is 10.9. The number of halogens is 1. The maximum absolute atomic E-state index is 10.9. The summed E-state index contributed by atoms with van der Waals surface area (Å²) in [6, 6.07) is 4.62. The highest BCUT2D eigenvalue weighted by Gasteiger charge is 2.15. The van der Waals surface area contributed by atoms with E-state index in [0.717, 1.165) is 12.0 Å². The second-order valence-electron chi connectivity index (χ2n) is 4.09. The van der Waals surface area contributed by atoms with Gasteiger partial charge in [0.05, 0.1) is 16.1 Å². The third-order valence-electron chi connectivity index (χ3n) is 2.66. The zero-order valence-electron chi connectivity index (χ0n) is 10.3. The lowest BCUT2D eigenvalue weighted by molar-refractivity contribution is -0.383. The van der Waals surface area contributed by atoms with Crippen molar-refractivity contribution in [3.8, 4) is 0 Å². The first-order valence-electron chi connectivity index (χ1n) is 5.72. The highest BCUT2D eigenvalue weighted by atomic mass is 35.5. The molecule has 0 saturated heterocycles. The SMILES string of the molecule is Cn1cc(CCNc2c(Cl)cccc2[N+](=O)[O-])cn1. The fourth-order valence-electron chi connectivity index (χ4n) is 1.77. The topological polar surface area (TPSA) is 73.0 Å². The van der Waals surface area contributed by atoms with Gasteiger partial charge in [-0.05, 0) is 18.1 Å². The highest BCUT2D eigenvalue weighted by Crippen LogP contribution is 2.31. The fraction of sp³-hybridized carbons (Fsp3) is 0.250. The summed E-state index contributed by atoms with van der Waals surface area (Å²) >= 11 is 5.98. The van der Waals surface area contributed by atoms with E-state index >= 15 is 0 Å². The van der Waals surface area contributed by atoms with Gasteiger partial charge < -0.3 is 5.32 Å². The molecule has 19 heavy (non-hydrogen) atoms. The minimum Gasteiger partial charge on any atom is -0.378 e. The highest BCUT2D eigenvalue weighted by molar-refractivity contribution is 6.33. The van der Waals surface area contributed by atoms with E-state index in [1.54, 1.807) is 23.0 Å². The van der Waals surface area contributed by atoms with E-state index in [2.05, 4.69) is 10.4 Å². The predicted molar refractivity (Wildman–Crippen MR) is 73.5 cm³/mol. The normalized spacial score (nSPS) is 10.4. The van der Waals surface area contributed by atoms with Gasteiger partial charge in [0.25, 0.3) is 5.69 Å². The molecular formula is C12H13ClN4O2. The second-order valence-corrected chi connectivity index (χ2v) is 4.50. The summed E-state index contributed by atoms with van der Waals surface area (Å²) in [5.74, 6) is 0. The number of benzene rings is 1. The number of hydrogen-bond acceptors (Lipinski definition) is 4. The first-order chi connectivity index (χ1) is 9.08. The van der Waals surface area contributed by atoms with Gasteiger partial charge in [-0.15, -0.1) is 0 Å². The van der Waals surface area contributed by atoms with Crippen molar-refractivity contribution in [2.75, 3.05) is 11.9 Å². The third-order valence-corrected chi connectivity index (χ3v) is 2.98. The molecule has 0 amide bonds. The Hall–Kier alpha value is -2.08. The van der Waals surface area contributed by atoms with Crippen molar-refractivity contribution in [3.05, 3.63) is 51.3 Å². The molecule has 1 aromatic heterocycles. The number of nitro groups is 1. The van der Waals surface area contributed by atoms with Crippen molar-refractivity contribution in [1.29, 1.82) is 0 Å². The molecule has 0 saturated carbocycles. The summed E-state index contributed by atoms with van der Waals surface area (Å²) in [5.41, 5.74) is 1.40. The van der Waals surface area contributed by atoms with Crippen molar-refractivity contribution in [2.24, 2.45) is 7.05 Å². The van der Waals surface area contributed by atoms with Gasteiger partial charge in [0.2, 0.25) is 0 Å². The Morgan fingerprint density at radius 2 is 2.32 bits per heavy atom. The van der Waals surface area contributed by atoms with E-state index in [4.69, 9.17) is 11.6 Å². The monoisotopic (exact) mass is 280 g/mol. The Labute approximate surface area is 115 Å². The van der Waals surface area contributed by atoms with Crippen LogP contribution in [0.25, 0.3) is 0 Å². The lowest BCUT2D eigenvalue weighted by Gasteiger charge is -2.07. The summed E-state index contributed by atoms with van der Waals surface area (Å²) in [4.78, 5) is 10.5. The van der Waals surface area contributed by atoms with Gasteiger partial charge in [-0.2, -0.15) is 5.10 Å². The van der Waals surface area contributed by atoms with Crippen molar-refractivity contribution in [2.45, 2.75) is 6.42 Å². The quantitative estimate of drug-likeness (QED) is 0.675. The summed E-state index contributed by atoms with van der Waals surface area (Å²) in [5, 5.41) is 18.3. The number of rotatable bonds is 5. The molecule has 0 radical (unpaired) electrons. The number of nitrogens with zero attached hydrogens (tertiary/aromatic N) is 3. The zero-order chi connectivity index (χ0) is 13.8. The molecular weight excluding hydrogens is 268 g/mol. The molecule has 0 aliphatic carbocycles. The number of aryl methyl sites for hydroxylation is 1. The van der Waals surface area contributed by atoms with Crippen LogP contribution in [0.3, 0.4) is 0 Å². The van der Waals surface area contributed by atoms with Gasteiger partial charge in [0.15, 0.2) is 0 Å². The Balaban J connectivity index is 2.05. The molecule has 6 nitrogen and oxygen atoms in total.